The zero-order valence-electron chi connectivity index (χ0n) is 9.41. The first-order valence-electron chi connectivity index (χ1n) is 5.62. The molecule has 0 aliphatic carbocycles. The summed E-state index contributed by atoms with van der Waals surface area (Å²) in [5.74, 6) is -0.609. The number of carbonyl (C=O) groups excluding carboxylic acids is 2. The van der Waals surface area contributed by atoms with Crippen LogP contribution >= 0.6 is 0 Å². The number of aryl methyl sites for hydroxylation is 1. The van der Waals surface area contributed by atoms with E-state index in [1.54, 1.807) is 12.1 Å². The van der Waals surface area contributed by atoms with Gasteiger partial charge in [0.25, 0.3) is 11.8 Å². The minimum atomic E-state index is -0.304. The molecule has 1 aliphatic heterocycles. The average Bonchev–Trinajstić information content (AvgIpc) is 2.35. The lowest BCUT2D eigenvalue weighted by atomic mass is 9.91. The first kappa shape index (κ1) is 10.0. The van der Waals surface area contributed by atoms with E-state index in [1.165, 1.54) is 0 Å². The summed E-state index contributed by atoms with van der Waals surface area (Å²) in [6, 6.07) is 9.33. The van der Waals surface area contributed by atoms with Crippen molar-refractivity contribution in [1.82, 2.24) is 5.32 Å². The van der Waals surface area contributed by atoms with Crippen molar-refractivity contribution in [3.05, 3.63) is 47.0 Å². The van der Waals surface area contributed by atoms with Crippen LogP contribution in [0.15, 0.2) is 30.3 Å². The lowest BCUT2D eigenvalue weighted by Crippen LogP contribution is -2.34. The molecule has 0 fully saturated rings. The van der Waals surface area contributed by atoms with E-state index in [1.807, 2.05) is 18.2 Å². The zero-order chi connectivity index (χ0) is 12.0. The van der Waals surface area contributed by atoms with Gasteiger partial charge in [0.05, 0.1) is 0 Å². The summed E-state index contributed by atoms with van der Waals surface area (Å²) >= 11 is 0. The van der Waals surface area contributed by atoms with Crippen molar-refractivity contribution < 1.29 is 9.59 Å². The highest BCUT2D eigenvalue weighted by molar-refractivity contribution is 6.25. The van der Waals surface area contributed by atoms with E-state index in [4.69, 9.17) is 0 Å². The van der Waals surface area contributed by atoms with Crippen molar-refractivity contribution in [2.45, 2.75) is 13.3 Å². The van der Waals surface area contributed by atoms with Crippen molar-refractivity contribution in [1.29, 1.82) is 0 Å². The molecular weight excluding hydrogens is 214 g/mol. The molecule has 17 heavy (non-hydrogen) atoms. The van der Waals surface area contributed by atoms with Crippen LogP contribution in [-0.2, 0) is 6.42 Å². The van der Waals surface area contributed by atoms with Crippen molar-refractivity contribution in [2.75, 3.05) is 0 Å². The van der Waals surface area contributed by atoms with E-state index in [9.17, 15) is 9.59 Å². The molecule has 1 N–H and O–H groups in total. The maximum absolute atomic E-state index is 11.8. The van der Waals surface area contributed by atoms with Gasteiger partial charge in [0.2, 0.25) is 0 Å². The number of hydrogen-bond donors (Lipinski definition) is 1. The van der Waals surface area contributed by atoms with Gasteiger partial charge in [-0.3, -0.25) is 14.9 Å². The second-order valence-corrected chi connectivity index (χ2v) is 4.14. The second-order valence-electron chi connectivity index (χ2n) is 4.14. The van der Waals surface area contributed by atoms with Gasteiger partial charge >= 0.3 is 0 Å². The van der Waals surface area contributed by atoms with Crippen LogP contribution in [0.4, 0.5) is 0 Å². The van der Waals surface area contributed by atoms with Crippen molar-refractivity contribution in [3.8, 4) is 0 Å². The Hall–Kier alpha value is -2.16. The molecule has 3 rings (SSSR count). The molecule has 0 bridgehead atoms. The summed E-state index contributed by atoms with van der Waals surface area (Å²) in [7, 11) is 0. The summed E-state index contributed by atoms with van der Waals surface area (Å²) < 4.78 is 0. The molecular formula is C14H11NO2. The van der Waals surface area contributed by atoms with E-state index in [0.29, 0.717) is 11.1 Å². The Morgan fingerprint density at radius 1 is 1.00 bits per heavy atom. The van der Waals surface area contributed by atoms with Crippen LogP contribution < -0.4 is 5.32 Å². The summed E-state index contributed by atoms with van der Waals surface area (Å²) in [6.45, 7) is 2.06. The molecule has 1 aliphatic rings. The Labute approximate surface area is 98.4 Å². The zero-order valence-corrected chi connectivity index (χ0v) is 9.41. The van der Waals surface area contributed by atoms with Gasteiger partial charge < -0.3 is 0 Å². The SMILES string of the molecule is CCc1ccc2c3c(cccc13)C(=O)NC2=O. The van der Waals surface area contributed by atoms with Gasteiger partial charge in [-0.05, 0) is 29.5 Å². The molecule has 2 aromatic rings. The number of carbonyl (C=O) groups is 2. The van der Waals surface area contributed by atoms with Crippen LogP contribution in [0.2, 0.25) is 0 Å². The first-order chi connectivity index (χ1) is 8.22. The van der Waals surface area contributed by atoms with Crippen molar-refractivity contribution in [2.24, 2.45) is 0 Å². The molecule has 0 saturated heterocycles. The normalized spacial score (nSPS) is 13.9. The van der Waals surface area contributed by atoms with Crippen LogP contribution in [0, 0.1) is 0 Å². The highest BCUT2D eigenvalue weighted by atomic mass is 16.2. The van der Waals surface area contributed by atoms with Gasteiger partial charge in [0, 0.05) is 16.5 Å². The summed E-state index contributed by atoms with van der Waals surface area (Å²) in [4.78, 5) is 23.5. The Bertz CT molecular complexity index is 638. The van der Waals surface area contributed by atoms with Crippen LogP contribution in [0.25, 0.3) is 10.8 Å². The quantitative estimate of drug-likeness (QED) is 0.757. The van der Waals surface area contributed by atoms with Crippen LogP contribution in [0.3, 0.4) is 0 Å². The molecule has 0 unspecified atom stereocenters. The Morgan fingerprint density at radius 2 is 1.71 bits per heavy atom. The molecule has 84 valence electrons. The summed E-state index contributed by atoms with van der Waals surface area (Å²) in [5.41, 5.74) is 2.34. The minimum Gasteiger partial charge on any atom is -0.288 e. The number of nitrogens with one attached hydrogen (secondary N) is 1. The van der Waals surface area contributed by atoms with Gasteiger partial charge in [0.1, 0.15) is 0 Å². The van der Waals surface area contributed by atoms with E-state index in [0.717, 1.165) is 22.8 Å². The molecule has 0 radical (unpaired) electrons. The number of benzene rings is 2. The maximum atomic E-state index is 11.8. The fraction of sp³-hybridized carbons (Fsp3) is 0.143. The molecule has 3 heteroatoms. The number of imide groups is 1. The lowest BCUT2D eigenvalue weighted by Gasteiger charge is -2.17. The largest absolute Gasteiger partial charge is 0.288 e. The van der Waals surface area contributed by atoms with Crippen LogP contribution in [0.5, 0.6) is 0 Å². The fourth-order valence-electron chi connectivity index (χ4n) is 2.39. The molecule has 2 amide bonds. The molecule has 1 heterocycles. The third kappa shape index (κ3) is 1.29. The fourth-order valence-corrected chi connectivity index (χ4v) is 2.39. The Morgan fingerprint density at radius 3 is 2.41 bits per heavy atom. The van der Waals surface area contributed by atoms with E-state index < -0.39 is 0 Å². The molecule has 0 atom stereocenters. The predicted molar refractivity (Wildman–Crippen MR) is 65.1 cm³/mol. The molecule has 0 saturated carbocycles. The Kier molecular flexibility index (Phi) is 2.01. The summed E-state index contributed by atoms with van der Waals surface area (Å²) in [5, 5.41) is 4.15. The monoisotopic (exact) mass is 225 g/mol. The van der Waals surface area contributed by atoms with E-state index in [-0.39, 0.29) is 11.8 Å². The molecule has 2 aromatic carbocycles. The third-order valence-corrected chi connectivity index (χ3v) is 3.23. The number of rotatable bonds is 1. The van der Waals surface area contributed by atoms with Gasteiger partial charge in [-0.1, -0.05) is 25.1 Å². The minimum absolute atomic E-state index is 0.304. The number of amides is 2. The number of hydrogen-bond acceptors (Lipinski definition) is 2. The summed E-state index contributed by atoms with van der Waals surface area (Å²) in [6.07, 6.45) is 0.885. The lowest BCUT2D eigenvalue weighted by molar-refractivity contribution is 0.0845. The predicted octanol–water partition coefficient (Wildman–Crippen LogP) is 2.29. The Balaban J connectivity index is 2.51. The van der Waals surface area contributed by atoms with Crippen LogP contribution in [0.1, 0.15) is 33.2 Å². The highest BCUT2D eigenvalue weighted by Crippen LogP contribution is 2.29. The maximum Gasteiger partial charge on any atom is 0.258 e. The van der Waals surface area contributed by atoms with E-state index in [2.05, 4.69) is 12.2 Å². The van der Waals surface area contributed by atoms with Gasteiger partial charge in [0.15, 0.2) is 0 Å². The third-order valence-electron chi connectivity index (χ3n) is 3.23. The topological polar surface area (TPSA) is 46.2 Å². The van der Waals surface area contributed by atoms with Gasteiger partial charge in [-0.15, -0.1) is 0 Å². The molecule has 0 spiro atoms. The first-order valence-corrected chi connectivity index (χ1v) is 5.62. The van der Waals surface area contributed by atoms with Crippen molar-refractivity contribution >= 4 is 22.6 Å². The van der Waals surface area contributed by atoms with Gasteiger partial charge in [-0.2, -0.15) is 0 Å². The van der Waals surface area contributed by atoms with E-state index >= 15 is 0 Å². The highest BCUT2D eigenvalue weighted by Gasteiger charge is 2.24. The van der Waals surface area contributed by atoms with Crippen molar-refractivity contribution in [3.63, 3.8) is 0 Å². The van der Waals surface area contributed by atoms with Crippen LogP contribution in [-0.4, -0.2) is 11.8 Å². The van der Waals surface area contributed by atoms with Gasteiger partial charge in [-0.25, -0.2) is 0 Å². The average molecular weight is 225 g/mol. The smallest absolute Gasteiger partial charge is 0.258 e. The molecule has 3 nitrogen and oxygen atoms in total. The standard InChI is InChI=1S/C14H11NO2/c1-2-8-6-7-11-12-9(8)4-3-5-10(12)13(16)15-14(11)17/h3-7H,2H2,1H3,(H,15,16,17). The second kappa shape index (κ2) is 3.42. The molecule has 0 aromatic heterocycles.